The molecule has 0 aliphatic rings. The second-order valence-electron chi connectivity index (χ2n) is 4.87. The standard InChI is InChI=1S/C16H13ClFN5O2/c1-2-25-15(24)12-7-8-23(22-12)16-20-13(17)9-14(21-16)19-11-5-3-10(18)4-6-11/h3-9H,2H2,1H3,(H,19,20,21). The van der Waals surface area contributed by atoms with Crippen LogP contribution in [0.1, 0.15) is 17.4 Å². The third-order valence-electron chi connectivity index (χ3n) is 3.08. The Morgan fingerprint density at radius 1 is 1.28 bits per heavy atom. The Hall–Kier alpha value is -3.00. The van der Waals surface area contributed by atoms with Gasteiger partial charge < -0.3 is 10.1 Å². The highest BCUT2D eigenvalue weighted by Crippen LogP contribution is 2.19. The number of aromatic nitrogens is 4. The van der Waals surface area contributed by atoms with Crippen LogP contribution in [-0.2, 0) is 4.74 Å². The van der Waals surface area contributed by atoms with E-state index in [1.165, 1.54) is 35.1 Å². The first-order valence-corrected chi connectivity index (χ1v) is 7.73. The summed E-state index contributed by atoms with van der Waals surface area (Å²) in [7, 11) is 0. The van der Waals surface area contributed by atoms with Gasteiger partial charge in [-0.05, 0) is 37.3 Å². The molecule has 0 unspecified atom stereocenters. The SMILES string of the molecule is CCOC(=O)c1ccn(-c2nc(Cl)cc(Nc3ccc(F)cc3)n2)n1. The number of carbonyl (C=O) groups excluding carboxylic acids is 1. The zero-order valence-electron chi connectivity index (χ0n) is 13.1. The number of nitrogens with one attached hydrogen (secondary N) is 1. The van der Waals surface area contributed by atoms with Gasteiger partial charge in [-0.2, -0.15) is 15.1 Å². The molecule has 7 nitrogen and oxygen atoms in total. The van der Waals surface area contributed by atoms with Crippen LogP contribution < -0.4 is 5.32 Å². The Balaban J connectivity index is 1.86. The van der Waals surface area contributed by atoms with E-state index in [2.05, 4.69) is 20.4 Å². The number of hydrogen-bond donors (Lipinski definition) is 1. The summed E-state index contributed by atoms with van der Waals surface area (Å²) in [6.45, 7) is 1.97. The first kappa shape index (κ1) is 16.8. The maximum absolute atomic E-state index is 13.0. The molecule has 9 heteroatoms. The zero-order chi connectivity index (χ0) is 17.8. The predicted molar refractivity (Wildman–Crippen MR) is 89.8 cm³/mol. The number of rotatable bonds is 5. The molecule has 2 heterocycles. The summed E-state index contributed by atoms with van der Waals surface area (Å²) in [6.07, 6.45) is 1.53. The largest absolute Gasteiger partial charge is 0.461 e. The zero-order valence-corrected chi connectivity index (χ0v) is 13.9. The van der Waals surface area contributed by atoms with E-state index in [4.69, 9.17) is 16.3 Å². The summed E-state index contributed by atoms with van der Waals surface area (Å²) in [6, 6.07) is 8.80. The molecule has 0 radical (unpaired) electrons. The maximum atomic E-state index is 13.0. The molecule has 0 spiro atoms. The van der Waals surface area contributed by atoms with Crippen molar-refractivity contribution in [3.8, 4) is 5.95 Å². The van der Waals surface area contributed by atoms with Crippen LogP contribution in [0, 0.1) is 5.82 Å². The molecule has 2 aromatic heterocycles. The third-order valence-corrected chi connectivity index (χ3v) is 3.27. The smallest absolute Gasteiger partial charge is 0.358 e. The first-order chi connectivity index (χ1) is 12.0. The molecular weight excluding hydrogens is 349 g/mol. The van der Waals surface area contributed by atoms with Gasteiger partial charge in [0.25, 0.3) is 5.95 Å². The Kier molecular flexibility index (Phi) is 4.90. The van der Waals surface area contributed by atoms with Crippen molar-refractivity contribution in [1.29, 1.82) is 0 Å². The van der Waals surface area contributed by atoms with Crippen LogP contribution in [-0.4, -0.2) is 32.3 Å². The predicted octanol–water partition coefficient (Wildman–Crippen LogP) is 3.38. The van der Waals surface area contributed by atoms with Crippen LogP contribution in [0.5, 0.6) is 0 Å². The van der Waals surface area contributed by atoms with Crippen molar-refractivity contribution in [3.05, 3.63) is 59.3 Å². The topological polar surface area (TPSA) is 81.9 Å². The van der Waals surface area contributed by atoms with Crippen molar-refractivity contribution >= 4 is 29.1 Å². The van der Waals surface area contributed by atoms with Crippen LogP contribution in [0.3, 0.4) is 0 Å². The van der Waals surface area contributed by atoms with Crippen LogP contribution in [0.25, 0.3) is 5.95 Å². The number of benzene rings is 1. The van der Waals surface area contributed by atoms with E-state index in [0.29, 0.717) is 11.5 Å². The summed E-state index contributed by atoms with van der Waals surface area (Å²) < 4.78 is 19.2. The van der Waals surface area contributed by atoms with Crippen molar-refractivity contribution in [3.63, 3.8) is 0 Å². The lowest BCUT2D eigenvalue weighted by atomic mass is 10.3. The van der Waals surface area contributed by atoms with Gasteiger partial charge in [0.15, 0.2) is 5.69 Å². The van der Waals surface area contributed by atoms with Gasteiger partial charge in [0.1, 0.15) is 16.8 Å². The van der Waals surface area contributed by atoms with Crippen LogP contribution in [0.15, 0.2) is 42.6 Å². The first-order valence-electron chi connectivity index (χ1n) is 7.35. The van der Waals surface area contributed by atoms with Crippen molar-refractivity contribution in [2.75, 3.05) is 11.9 Å². The number of ether oxygens (including phenoxy) is 1. The monoisotopic (exact) mass is 361 g/mol. The summed E-state index contributed by atoms with van der Waals surface area (Å²) in [5, 5.41) is 7.26. The molecule has 0 atom stereocenters. The maximum Gasteiger partial charge on any atom is 0.358 e. The van der Waals surface area contributed by atoms with Crippen molar-refractivity contribution in [2.24, 2.45) is 0 Å². The van der Waals surface area contributed by atoms with Crippen molar-refractivity contribution in [2.45, 2.75) is 6.92 Å². The number of anilines is 2. The van der Waals surface area contributed by atoms with Gasteiger partial charge in [-0.3, -0.25) is 0 Å². The lowest BCUT2D eigenvalue weighted by Gasteiger charge is -2.08. The molecule has 128 valence electrons. The average Bonchev–Trinajstić information content (AvgIpc) is 3.07. The molecule has 0 saturated heterocycles. The number of nitrogens with zero attached hydrogens (tertiary/aromatic N) is 4. The number of hydrogen-bond acceptors (Lipinski definition) is 6. The van der Waals surface area contributed by atoms with Gasteiger partial charge in [-0.25, -0.2) is 13.9 Å². The van der Waals surface area contributed by atoms with E-state index >= 15 is 0 Å². The fourth-order valence-electron chi connectivity index (χ4n) is 2.00. The molecule has 0 aliphatic heterocycles. The van der Waals surface area contributed by atoms with E-state index in [-0.39, 0.29) is 29.2 Å². The minimum atomic E-state index is -0.534. The molecule has 0 saturated carbocycles. The van der Waals surface area contributed by atoms with E-state index in [0.717, 1.165) is 0 Å². The molecule has 0 amide bonds. The molecule has 3 rings (SSSR count). The second-order valence-corrected chi connectivity index (χ2v) is 5.26. The minimum Gasteiger partial charge on any atom is -0.461 e. The van der Waals surface area contributed by atoms with Gasteiger partial charge in [-0.15, -0.1) is 0 Å². The second kappa shape index (κ2) is 7.27. The summed E-state index contributed by atoms with van der Waals surface area (Å²) >= 11 is 6.03. The van der Waals surface area contributed by atoms with Gasteiger partial charge in [0, 0.05) is 18.0 Å². The average molecular weight is 362 g/mol. The molecule has 0 aliphatic carbocycles. The lowest BCUT2D eigenvalue weighted by molar-refractivity contribution is 0.0519. The van der Waals surface area contributed by atoms with E-state index in [1.807, 2.05) is 0 Å². The molecule has 1 N–H and O–H groups in total. The minimum absolute atomic E-state index is 0.137. The van der Waals surface area contributed by atoms with Crippen LogP contribution >= 0.6 is 11.6 Å². The van der Waals surface area contributed by atoms with Crippen LogP contribution in [0.4, 0.5) is 15.9 Å². The highest BCUT2D eigenvalue weighted by atomic mass is 35.5. The number of carbonyl (C=O) groups is 1. The molecule has 3 aromatic rings. The highest BCUT2D eigenvalue weighted by Gasteiger charge is 2.13. The fraction of sp³-hybridized carbons (Fsp3) is 0.125. The van der Waals surface area contributed by atoms with Gasteiger partial charge >= 0.3 is 5.97 Å². The highest BCUT2D eigenvalue weighted by molar-refractivity contribution is 6.29. The third kappa shape index (κ3) is 4.10. The Bertz CT molecular complexity index is 898. The lowest BCUT2D eigenvalue weighted by Crippen LogP contribution is -2.08. The summed E-state index contributed by atoms with van der Waals surface area (Å²) in [5.41, 5.74) is 0.772. The quantitative estimate of drug-likeness (QED) is 0.554. The molecule has 0 bridgehead atoms. The van der Waals surface area contributed by atoms with Gasteiger partial charge in [0.05, 0.1) is 6.61 Å². The number of halogens is 2. The van der Waals surface area contributed by atoms with Gasteiger partial charge in [0.2, 0.25) is 0 Å². The number of esters is 1. The fourth-order valence-corrected chi connectivity index (χ4v) is 2.18. The van der Waals surface area contributed by atoms with E-state index in [1.54, 1.807) is 19.1 Å². The molecule has 25 heavy (non-hydrogen) atoms. The van der Waals surface area contributed by atoms with Crippen LogP contribution in [0.2, 0.25) is 5.15 Å². The van der Waals surface area contributed by atoms with E-state index < -0.39 is 5.97 Å². The van der Waals surface area contributed by atoms with Crippen molar-refractivity contribution < 1.29 is 13.9 Å². The molecule has 1 aromatic carbocycles. The van der Waals surface area contributed by atoms with E-state index in [9.17, 15) is 9.18 Å². The Labute approximate surface area is 147 Å². The Morgan fingerprint density at radius 2 is 2.04 bits per heavy atom. The van der Waals surface area contributed by atoms with Gasteiger partial charge in [-0.1, -0.05) is 11.6 Å². The molecular formula is C16H13ClFN5O2. The summed E-state index contributed by atoms with van der Waals surface area (Å²) in [4.78, 5) is 20.1. The van der Waals surface area contributed by atoms with Crippen molar-refractivity contribution in [1.82, 2.24) is 19.7 Å². The Morgan fingerprint density at radius 3 is 2.76 bits per heavy atom. The summed E-state index contributed by atoms with van der Waals surface area (Å²) in [5.74, 6) is -0.301. The normalized spacial score (nSPS) is 10.5. The molecule has 0 fully saturated rings.